The molecule has 1 heterocycles. The Kier molecular flexibility index (Phi) is 5.16. The molecule has 3 rings (SSSR count). The number of carbonyl (C=O) groups is 1. The van der Waals surface area contributed by atoms with E-state index in [1.54, 1.807) is 25.2 Å². The second kappa shape index (κ2) is 6.94. The summed E-state index contributed by atoms with van der Waals surface area (Å²) in [6.07, 6.45) is 3.02. The van der Waals surface area contributed by atoms with Crippen LogP contribution >= 0.6 is 0 Å². The number of hydrogen-bond donors (Lipinski definition) is 2. The van der Waals surface area contributed by atoms with E-state index in [2.05, 4.69) is 10.6 Å². The maximum atomic E-state index is 12.7. The molecule has 144 valence electrons. The van der Waals surface area contributed by atoms with Gasteiger partial charge < -0.3 is 10.6 Å². The number of piperidine rings is 1. The zero-order chi connectivity index (χ0) is 19.1. The minimum Gasteiger partial charge on any atom is -0.326 e. The Labute approximate surface area is 156 Å². The monoisotopic (exact) mass is 379 g/mol. The lowest BCUT2D eigenvalue weighted by Crippen LogP contribution is -2.33. The molecule has 1 aromatic rings. The van der Waals surface area contributed by atoms with Crippen LogP contribution in [0.1, 0.15) is 38.7 Å². The summed E-state index contributed by atoms with van der Waals surface area (Å²) in [6, 6.07) is 4.80. The normalized spacial score (nSPS) is 22.0. The van der Waals surface area contributed by atoms with E-state index in [-0.39, 0.29) is 28.2 Å². The molecule has 6 nitrogen and oxygen atoms in total. The van der Waals surface area contributed by atoms with Crippen LogP contribution in [0.25, 0.3) is 0 Å². The zero-order valence-electron chi connectivity index (χ0n) is 16.0. The lowest BCUT2D eigenvalue weighted by molar-refractivity contribution is -0.118. The van der Waals surface area contributed by atoms with E-state index in [0.717, 1.165) is 37.9 Å². The number of carbonyl (C=O) groups excluding carboxylic acids is 1. The lowest BCUT2D eigenvalue weighted by atomic mass is 9.91. The average molecular weight is 380 g/mol. The van der Waals surface area contributed by atoms with Gasteiger partial charge in [-0.05, 0) is 76.2 Å². The van der Waals surface area contributed by atoms with Crippen LogP contribution in [0.2, 0.25) is 0 Å². The van der Waals surface area contributed by atoms with E-state index in [4.69, 9.17) is 0 Å². The van der Waals surface area contributed by atoms with Crippen molar-refractivity contribution in [3.8, 4) is 0 Å². The number of amides is 1. The van der Waals surface area contributed by atoms with Gasteiger partial charge in [-0.3, -0.25) is 4.79 Å². The number of nitrogens with one attached hydrogen (secondary N) is 2. The van der Waals surface area contributed by atoms with Crippen LogP contribution in [0.15, 0.2) is 23.1 Å². The van der Waals surface area contributed by atoms with Gasteiger partial charge in [0.25, 0.3) is 0 Å². The predicted molar refractivity (Wildman–Crippen MR) is 103 cm³/mol. The minimum atomic E-state index is -3.57. The molecule has 1 unspecified atom stereocenters. The quantitative estimate of drug-likeness (QED) is 0.823. The highest BCUT2D eigenvalue weighted by Crippen LogP contribution is 2.58. The Morgan fingerprint density at radius 2 is 1.96 bits per heavy atom. The van der Waals surface area contributed by atoms with Crippen molar-refractivity contribution in [1.29, 1.82) is 0 Å². The number of sulfonamides is 1. The van der Waals surface area contributed by atoms with Gasteiger partial charge in [-0.2, -0.15) is 4.31 Å². The molecule has 1 atom stereocenters. The van der Waals surface area contributed by atoms with Gasteiger partial charge in [-0.25, -0.2) is 8.42 Å². The van der Waals surface area contributed by atoms with Crippen molar-refractivity contribution in [2.45, 2.75) is 51.0 Å². The van der Waals surface area contributed by atoms with Gasteiger partial charge in [0.2, 0.25) is 15.9 Å². The van der Waals surface area contributed by atoms with Gasteiger partial charge >= 0.3 is 0 Å². The van der Waals surface area contributed by atoms with Gasteiger partial charge in [0, 0.05) is 24.7 Å². The summed E-state index contributed by atoms with van der Waals surface area (Å²) in [5.41, 5.74) is 1.61. The number of anilines is 1. The summed E-state index contributed by atoms with van der Waals surface area (Å²) in [5, 5.41) is 6.32. The molecule has 2 fully saturated rings. The molecule has 1 saturated heterocycles. The first-order valence-corrected chi connectivity index (χ1v) is 10.7. The molecule has 0 bridgehead atoms. The first-order valence-electron chi connectivity index (χ1n) is 9.28. The number of hydrogen-bond acceptors (Lipinski definition) is 4. The molecule has 1 amide bonds. The molecule has 1 aliphatic carbocycles. The molecule has 2 aliphatic rings. The fraction of sp³-hybridized carbons (Fsp3) is 0.632. The molecule has 1 saturated carbocycles. The Morgan fingerprint density at radius 3 is 2.58 bits per heavy atom. The number of benzene rings is 1. The van der Waals surface area contributed by atoms with E-state index in [1.165, 1.54) is 4.31 Å². The number of nitrogens with zero attached hydrogens (tertiary/aromatic N) is 1. The van der Waals surface area contributed by atoms with Crippen molar-refractivity contribution < 1.29 is 13.2 Å². The molecule has 1 spiro atoms. The van der Waals surface area contributed by atoms with E-state index in [9.17, 15) is 13.2 Å². The van der Waals surface area contributed by atoms with Crippen molar-refractivity contribution in [2.75, 3.05) is 25.5 Å². The summed E-state index contributed by atoms with van der Waals surface area (Å²) in [7, 11) is -2.00. The first kappa shape index (κ1) is 19.3. The Hall–Kier alpha value is -1.44. The average Bonchev–Trinajstić information content (AvgIpc) is 3.29. The van der Waals surface area contributed by atoms with Crippen LogP contribution < -0.4 is 10.6 Å². The summed E-state index contributed by atoms with van der Waals surface area (Å²) in [6.45, 7) is 7.49. The maximum Gasteiger partial charge on any atom is 0.243 e. The molecule has 0 radical (unpaired) electrons. The van der Waals surface area contributed by atoms with E-state index >= 15 is 0 Å². The van der Waals surface area contributed by atoms with E-state index < -0.39 is 10.0 Å². The van der Waals surface area contributed by atoms with Gasteiger partial charge in [0.05, 0.1) is 4.90 Å². The van der Waals surface area contributed by atoms with Crippen LogP contribution in [0.5, 0.6) is 0 Å². The molecule has 1 aliphatic heterocycles. The van der Waals surface area contributed by atoms with Crippen LogP contribution in [-0.4, -0.2) is 44.8 Å². The molecular formula is C19H29N3O3S. The smallest absolute Gasteiger partial charge is 0.243 e. The third-order valence-electron chi connectivity index (χ3n) is 5.98. The second-order valence-electron chi connectivity index (χ2n) is 7.95. The zero-order valence-corrected chi connectivity index (χ0v) is 16.8. The summed E-state index contributed by atoms with van der Waals surface area (Å²) in [4.78, 5) is 12.9. The highest BCUT2D eigenvalue weighted by Gasteiger charge is 2.57. The first-order chi connectivity index (χ1) is 12.2. The molecule has 0 aromatic heterocycles. The third kappa shape index (κ3) is 3.52. The van der Waals surface area contributed by atoms with Crippen molar-refractivity contribution in [3.05, 3.63) is 23.8 Å². The summed E-state index contributed by atoms with van der Waals surface area (Å²) < 4.78 is 26.8. The number of rotatable bonds is 5. The number of aryl methyl sites for hydroxylation is 1. The van der Waals surface area contributed by atoms with Gasteiger partial charge in [0.15, 0.2) is 0 Å². The van der Waals surface area contributed by atoms with Gasteiger partial charge in [-0.1, -0.05) is 6.07 Å². The molecule has 2 N–H and O–H groups in total. The van der Waals surface area contributed by atoms with Crippen molar-refractivity contribution in [2.24, 2.45) is 11.3 Å². The SMILES string of the molecule is Cc1ccc(S(=O)(=O)N(C)C(C)C)cc1NC(=O)C1CC12CCNCC2. The predicted octanol–water partition coefficient (Wildman–Crippen LogP) is 2.35. The van der Waals surface area contributed by atoms with Gasteiger partial charge in [0.1, 0.15) is 0 Å². The second-order valence-corrected chi connectivity index (χ2v) is 9.95. The molecule has 7 heteroatoms. The van der Waals surface area contributed by atoms with Crippen LogP contribution in [0.4, 0.5) is 5.69 Å². The standard InChI is InChI=1S/C19H29N3O3S/c1-13(2)22(4)26(24,25)15-6-5-14(3)17(11-15)21-18(23)16-12-19(16)7-9-20-10-8-19/h5-6,11,13,16,20H,7-10,12H2,1-4H3,(H,21,23). The Bertz CT molecular complexity index is 798. The third-order valence-corrected chi connectivity index (χ3v) is 8.01. The van der Waals surface area contributed by atoms with Crippen molar-refractivity contribution in [3.63, 3.8) is 0 Å². The van der Waals surface area contributed by atoms with Crippen LogP contribution in [-0.2, 0) is 14.8 Å². The minimum absolute atomic E-state index is 0.0155. The highest BCUT2D eigenvalue weighted by molar-refractivity contribution is 7.89. The maximum absolute atomic E-state index is 12.7. The lowest BCUT2D eigenvalue weighted by Gasteiger charge is -2.23. The Balaban J connectivity index is 1.78. The summed E-state index contributed by atoms with van der Waals surface area (Å²) in [5.74, 6) is 0.0596. The molecular weight excluding hydrogens is 350 g/mol. The molecule has 1 aromatic carbocycles. The Morgan fingerprint density at radius 1 is 1.31 bits per heavy atom. The van der Waals surface area contributed by atoms with Crippen molar-refractivity contribution in [1.82, 2.24) is 9.62 Å². The fourth-order valence-corrected chi connectivity index (χ4v) is 5.15. The van der Waals surface area contributed by atoms with Crippen molar-refractivity contribution >= 4 is 21.6 Å². The van der Waals surface area contributed by atoms with Crippen LogP contribution in [0.3, 0.4) is 0 Å². The van der Waals surface area contributed by atoms with Gasteiger partial charge in [-0.15, -0.1) is 0 Å². The van der Waals surface area contributed by atoms with E-state index in [0.29, 0.717) is 5.69 Å². The van der Waals surface area contributed by atoms with E-state index in [1.807, 2.05) is 20.8 Å². The highest BCUT2D eigenvalue weighted by atomic mass is 32.2. The molecule has 26 heavy (non-hydrogen) atoms. The largest absolute Gasteiger partial charge is 0.326 e. The topological polar surface area (TPSA) is 78.5 Å². The van der Waals surface area contributed by atoms with Crippen LogP contribution in [0, 0.1) is 18.3 Å². The fourth-order valence-electron chi connectivity index (χ4n) is 3.76. The summed E-state index contributed by atoms with van der Waals surface area (Å²) >= 11 is 0.